The molecule has 2 aromatic rings. The van der Waals surface area contributed by atoms with Gasteiger partial charge in [-0.3, -0.25) is 0 Å². The third kappa shape index (κ3) is 3.18. The van der Waals surface area contributed by atoms with Crippen LogP contribution in [0.3, 0.4) is 0 Å². The van der Waals surface area contributed by atoms with Gasteiger partial charge in [0.15, 0.2) is 0 Å². The van der Waals surface area contributed by atoms with Crippen LogP contribution >= 0.6 is 15.9 Å². The first kappa shape index (κ1) is 14.3. The molecule has 1 aromatic carbocycles. The summed E-state index contributed by atoms with van der Waals surface area (Å²) < 4.78 is 1.09. The molecular weight excluding hydrogens is 328 g/mol. The molecule has 2 N–H and O–H groups in total. The number of hydrogen-bond acceptors (Lipinski definition) is 4. The van der Waals surface area contributed by atoms with Crippen molar-refractivity contribution in [3.8, 4) is 0 Å². The van der Waals surface area contributed by atoms with Gasteiger partial charge in [-0.05, 0) is 37.5 Å². The van der Waals surface area contributed by atoms with Crippen LogP contribution in [0, 0.1) is 6.92 Å². The van der Waals surface area contributed by atoms with Crippen LogP contribution in [0.5, 0.6) is 0 Å². The molecule has 1 aliphatic rings. The molecule has 110 valence electrons. The average molecular weight is 347 g/mol. The fraction of sp³-hybridized carbons (Fsp3) is 0.375. The van der Waals surface area contributed by atoms with Gasteiger partial charge < -0.3 is 10.6 Å². The van der Waals surface area contributed by atoms with Gasteiger partial charge in [0, 0.05) is 29.5 Å². The lowest BCUT2D eigenvalue weighted by Gasteiger charge is -2.21. The average Bonchev–Trinajstić information content (AvgIpc) is 3.26. The minimum atomic E-state index is 0.505. The maximum Gasteiger partial charge on any atom is 0.137 e. The van der Waals surface area contributed by atoms with Gasteiger partial charge >= 0.3 is 0 Å². The predicted octanol–water partition coefficient (Wildman–Crippen LogP) is 3.64. The molecule has 1 aromatic heterocycles. The van der Waals surface area contributed by atoms with Crippen molar-refractivity contribution in [3.05, 3.63) is 45.7 Å². The number of nitrogens with zero attached hydrogens (tertiary/aromatic N) is 3. The molecule has 5 heteroatoms. The third-order valence-corrected chi connectivity index (χ3v) is 4.28. The number of halogens is 1. The molecule has 0 saturated heterocycles. The van der Waals surface area contributed by atoms with Gasteiger partial charge in [0.1, 0.15) is 17.5 Å². The molecule has 0 aliphatic heterocycles. The van der Waals surface area contributed by atoms with Crippen molar-refractivity contribution in [2.24, 2.45) is 0 Å². The van der Waals surface area contributed by atoms with E-state index in [2.05, 4.69) is 37.9 Å². The van der Waals surface area contributed by atoms with Crippen LogP contribution in [-0.2, 0) is 6.54 Å². The van der Waals surface area contributed by atoms with E-state index in [4.69, 9.17) is 10.7 Å². The van der Waals surface area contributed by atoms with Crippen LogP contribution in [0.25, 0.3) is 0 Å². The Morgan fingerprint density at radius 2 is 2.10 bits per heavy atom. The Labute approximate surface area is 133 Å². The third-order valence-electron chi connectivity index (χ3n) is 3.79. The molecule has 0 radical (unpaired) electrons. The number of benzene rings is 1. The summed E-state index contributed by atoms with van der Waals surface area (Å²) in [5.41, 5.74) is 8.25. The normalized spacial score (nSPS) is 14.2. The summed E-state index contributed by atoms with van der Waals surface area (Å²) in [7, 11) is 2.05. The van der Waals surface area contributed by atoms with Gasteiger partial charge in [0.05, 0.1) is 0 Å². The molecule has 0 bridgehead atoms. The Balaban J connectivity index is 1.88. The second-order valence-corrected chi connectivity index (χ2v) is 6.59. The number of nitrogens with two attached hydrogens (primary N) is 1. The maximum atomic E-state index is 6.06. The van der Waals surface area contributed by atoms with Gasteiger partial charge in [-0.2, -0.15) is 0 Å². The number of hydrogen-bond donors (Lipinski definition) is 1. The van der Waals surface area contributed by atoms with Crippen molar-refractivity contribution < 1.29 is 0 Å². The van der Waals surface area contributed by atoms with Crippen molar-refractivity contribution in [1.82, 2.24) is 9.97 Å². The lowest BCUT2D eigenvalue weighted by atomic mass is 10.2. The largest absolute Gasteiger partial charge is 0.383 e. The van der Waals surface area contributed by atoms with Crippen molar-refractivity contribution in [3.63, 3.8) is 0 Å². The summed E-state index contributed by atoms with van der Waals surface area (Å²) in [6, 6.07) is 8.31. The van der Waals surface area contributed by atoms with Crippen molar-refractivity contribution in [2.45, 2.75) is 32.2 Å². The molecule has 21 heavy (non-hydrogen) atoms. The predicted molar refractivity (Wildman–Crippen MR) is 89.4 cm³/mol. The molecule has 1 saturated carbocycles. The fourth-order valence-electron chi connectivity index (χ4n) is 2.42. The Hall–Kier alpha value is -1.62. The zero-order valence-electron chi connectivity index (χ0n) is 12.3. The van der Waals surface area contributed by atoms with Gasteiger partial charge in [-0.15, -0.1) is 0 Å². The van der Waals surface area contributed by atoms with Gasteiger partial charge in [-0.25, -0.2) is 9.97 Å². The molecule has 0 amide bonds. The van der Waals surface area contributed by atoms with Gasteiger partial charge in [0.25, 0.3) is 0 Å². The molecule has 0 atom stereocenters. The Morgan fingerprint density at radius 1 is 1.33 bits per heavy atom. The van der Waals surface area contributed by atoms with E-state index in [0.717, 1.165) is 28.2 Å². The van der Waals surface area contributed by atoms with E-state index >= 15 is 0 Å². The van der Waals surface area contributed by atoms with Crippen LogP contribution in [0.1, 0.15) is 35.7 Å². The Bertz CT molecular complexity index is 667. The first-order valence-corrected chi connectivity index (χ1v) is 7.93. The van der Waals surface area contributed by atoms with Crippen LogP contribution < -0.4 is 10.6 Å². The summed E-state index contributed by atoms with van der Waals surface area (Å²) >= 11 is 3.51. The summed E-state index contributed by atoms with van der Waals surface area (Å²) in [4.78, 5) is 11.3. The Morgan fingerprint density at radius 3 is 2.76 bits per heavy atom. The van der Waals surface area contributed by atoms with Crippen molar-refractivity contribution >= 4 is 27.6 Å². The summed E-state index contributed by atoms with van der Waals surface area (Å²) in [5.74, 6) is 2.94. The molecule has 1 fully saturated rings. The van der Waals surface area contributed by atoms with Crippen LogP contribution in [0.15, 0.2) is 28.7 Å². The van der Waals surface area contributed by atoms with E-state index in [1.807, 2.05) is 26.1 Å². The molecule has 1 aliphatic carbocycles. The van der Waals surface area contributed by atoms with E-state index < -0.39 is 0 Å². The smallest absolute Gasteiger partial charge is 0.137 e. The molecule has 0 spiro atoms. The van der Waals surface area contributed by atoms with Gasteiger partial charge in [-0.1, -0.05) is 28.1 Å². The zero-order valence-corrected chi connectivity index (χ0v) is 13.9. The second-order valence-electron chi connectivity index (χ2n) is 5.68. The van der Waals surface area contributed by atoms with E-state index in [-0.39, 0.29) is 0 Å². The first-order chi connectivity index (χ1) is 10.0. The van der Waals surface area contributed by atoms with E-state index in [0.29, 0.717) is 11.7 Å². The van der Waals surface area contributed by atoms with E-state index in [1.54, 1.807) is 0 Å². The zero-order chi connectivity index (χ0) is 15.0. The lowest BCUT2D eigenvalue weighted by molar-refractivity contribution is 0.847. The molecular formula is C16H19BrN4. The van der Waals surface area contributed by atoms with E-state index in [1.165, 1.54) is 18.4 Å². The molecule has 3 rings (SSSR count). The van der Waals surface area contributed by atoms with Crippen LogP contribution in [0.4, 0.5) is 11.6 Å². The minimum absolute atomic E-state index is 0.505. The Kier molecular flexibility index (Phi) is 3.85. The topological polar surface area (TPSA) is 55.0 Å². The highest BCUT2D eigenvalue weighted by atomic mass is 79.9. The SMILES string of the molecule is Cc1c(N)nc(C2CC2)nc1N(C)Cc1cccc(Br)c1. The quantitative estimate of drug-likeness (QED) is 0.917. The monoisotopic (exact) mass is 346 g/mol. The van der Waals surface area contributed by atoms with Gasteiger partial charge in [0.2, 0.25) is 0 Å². The molecule has 0 unspecified atom stereocenters. The highest BCUT2D eigenvalue weighted by Gasteiger charge is 2.28. The summed E-state index contributed by atoms with van der Waals surface area (Å²) in [6.07, 6.45) is 2.36. The number of anilines is 2. The second kappa shape index (κ2) is 5.64. The molecule has 1 heterocycles. The van der Waals surface area contributed by atoms with E-state index in [9.17, 15) is 0 Å². The maximum absolute atomic E-state index is 6.06. The number of rotatable bonds is 4. The molecule has 4 nitrogen and oxygen atoms in total. The van der Waals surface area contributed by atoms with Crippen LogP contribution in [0.2, 0.25) is 0 Å². The first-order valence-electron chi connectivity index (χ1n) is 7.14. The lowest BCUT2D eigenvalue weighted by Crippen LogP contribution is -2.20. The van der Waals surface area contributed by atoms with Crippen molar-refractivity contribution in [1.29, 1.82) is 0 Å². The standard InChI is InChI=1S/C16H19BrN4/c1-10-14(18)19-15(12-6-7-12)20-16(10)21(2)9-11-4-3-5-13(17)8-11/h3-5,8,12H,6-7,9H2,1-2H3,(H2,18,19,20). The van der Waals surface area contributed by atoms with Crippen molar-refractivity contribution in [2.75, 3.05) is 17.7 Å². The highest BCUT2D eigenvalue weighted by Crippen LogP contribution is 2.39. The summed E-state index contributed by atoms with van der Waals surface area (Å²) in [5, 5.41) is 0. The number of nitrogen functional groups attached to an aromatic ring is 1. The summed E-state index contributed by atoms with van der Waals surface area (Å²) in [6.45, 7) is 2.78. The fourth-order valence-corrected chi connectivity index (χ4v) is 2.87. The number of aromatic nitrogens is 2. The minimum Gasteiger partial charge on any atom is -0.383 e. The highest BCUT2D eigenvalue weighted by molar-refractivity contribution is 9.10. The van der Waals surface area contributed by atoms with Crippen LogP contribution in [-0.4, -0.2) is 17.0 Å².